The topological polar surface area (TPSA) is 27.7 Å². The first kappa shape index (κ1) is 25.6. The van der Waals surface area contributed by atoms with Crippen LogP contribution in [0.2, 0.25) is 39.3 Å². The zero-order valence-electron chi connectivity index (χ0n) is 22.2. The lowest BCUT2D eigenvalue weighted by molar-refractivity contribution is -0.0466. The Kier molecular flexibility index (Phi) is 7.44. The molecule has 1 aliphatic heterocycles. The van der Waals surface area contributed by atoms with Crippen molar-refractivity contribution in [3.63, 3.8) is 0 Å². The predicted octanol–water partition coefficient (Wildman–Crippen LogP) is 8.07. The molecule has 0 spiro atoms. The van der Waals surface area contributed by atoms with Gasteiger partial charge in [0.1, 0.15) is 17.1 Å². The molecule has 1 unspecified atom stereocenters. The third-order valence-electron chi connectivity index (χ3n) is 6.44. The van der Waals surface area contributed by atoms with Crippen LogP contribution in [-0.2, 0) is 10.8 Å². The van der Waals surface area contributed by atoms with Gasteiger partial charge in [0.2, 0.25) is 8.32 Å². The molecule has 0 bridgehead atoms. The number of benzene rings is 1. The second kappa shape index (κ2) is 9.30. The van der Waals surface area contributed by atoms with Crippen molar-refractivity contribution in [3.05, 3.63) is 34.9 Å². The summed E-state index contributed by atoms with van der Waals surface area (Å²) in [5.74, 6) is 2.62. The van der Waals surface area contributed by atoms with Gasteiger partial charge in [0.15, 0.2) is 8.32 Å². The van der Waals surface area contributed by atoms with Crippen molar-refractivity contribution in [3.8, 4) is 11.5 Å². The molecule has 3 atom stereocenters. The zero-order valence-corrected chi connectivity index (χ0v) is 24.2. The monoisotopic (exact) mass is 474 g/mol. The lowest BCUT2D eigenvalue weighted by Crippen LogP contribution is -2.54. The van der Waals surface area contributed by atoms with E-state index in [2.05, 4.69) is 85.2 Å². The number of fused-ring (bicyclic) bond motifs is 3. The number of allylic oxidation sites excluding steroid dienone is 1. The van der Waals surface area contributed by atoms with Crippen LogP contribution in [-0.4, -0.2) is 28.3 Å². The maximum Gasteiger partial charge on any atom is 0.242 e. The lowest BCUT2D eigenvalue weighted by atomic mass is 9.66. The molecule has 2 aliphatic rings. The van der Waals surface area contributed by atoms with Gasteiger partial charge in [0.25, 0.3) is 0 Å². The highest BCUT2D eigenvalue weighted by molar-refractivity contribution is 6.70. The Labute approximate surface area is 199 Å². The van der Waals surface area contributed by atoms with Crippen LogP contribution in [0.5, 0.6) is 11.5 Å². The molecule has 1 aliphatic carbocycles. The number of rotatable bonds is 8. The molecule has 0 saturated carbocycles. The summed E-state index contributed by atoms with van der Waals surface area (Å²) >= 11 is 0. The van der Waals surface area contributed by atoms with Crippen molar-refractivity contribution in [1.82, 2.24) is 0 Å². The molecular formula is C27H46O3Si2. The number of aryl methyl sites for hydroxylation is 1. The van der Waals surface area contributed by atoms with Gasteiger partial charge in [-0.15, -0.1) is 0 Å². The number of hydrogen-bond acceptors (Lipinski definition) is 3. The third kappa shape index (κ3) is 6.09. The fourth-order valence-corrected chi connectivity index (χ4v) is 7.39. The van der Waals surface area contributed by atoms with Gasteiger partial charge in [0.05, 0.1) is 6.10 Å². The first-order chi connectivity index (χ1) is 14.7. The van der Waals surface area contributed by atoms with Crippen molar-refractivity contribution >= 4 is 16.6 Å². The minimum absolute atomic E-state index is 0.184. The summed E-state index contributed by atoms with van der Waals surface area (Å²) in [6.45, 7) is 22.7. The molecule has 0 aromatic heterocycles. The normalized spacial score (nSPS) is 24.8. The molecule has 3 rings (SSSR count). The first-order valence-corrected chi connectivity index (χ1v) is 19.4. The molecule has 180 valence electrons. The molecule has 0 radical (unpaired) electrons. The van der Waals surface area contributed by atoms with Gasteiger partial charge in [-0.05, 0) is 97.0 Å². The Morgan fingerprint density at radius 1 is 1.03 bits per heavy atom. The van der Waals surface area contributed by atoms with Gasteiger partial charge in [-0.25, -0.2) is 0 Å². The first-order valence-electron chi connectivity index (χ1n) is 12.6. The minimum Gasteiger partial charge on any atom is -0.544 e. The highest BCUT2D eigenvalue weighted by Crippen LogP contribution is 2.55. The largest absolute Gasteiger partial charge is 0.544 e. The molecule has 0 saturated heterocycles. The highest BCUT2D eigenvalue weighted by atomic mass is 28.4. The molecular weight excluding hydrogens is 428 g/mol. The second-order valence-corrected chi connectivity index (χ2v) is 21.3. The molecule has 0 N–H and O–H groups in total. The van der Waals surface area contributed by atoms with Gasteiger partial charge >= 0.3 is 0 Å². The molecule has 1 heterocycles. The van der Waals surface area contributed by atoms with E-state index >= 15 is 0 Å². The van der Waals surface area contributed by atoms with Crippen LogP contribution >= 0.6 is 0 Å². The summed E-state index contributed by atoms with van der Waals surface area (Å²) in [5, 5.41) is 0. The molecule has 1 aromatic rings. The Balaban J connectivity index is 2.12. The molecule has 3 nitrogen and oxygen atoms in total. The van der Waals surface area contributed by atoms with Crippen molar-refractivity contribution < 1.29 is 13.6 Å². The minimum atomic E-state index is -1.78. The summed E-state index contributed by atoms with van der Waals surface area (Å²) in [6.07, 6.45) is 8.44. The smallest absolute Gasteiger partial charge is 0.242 e. The van der Waals surface area contributed by atoms with Crippen LogP contribution in [0.1, 0.15) is 70.4 Å². The van der Waals surface area contributed by atoms with E-state index in [4.69, 9.17) is 13.6 Å². The van der Waals surface area contributed by atoms with E-state index in [-0.39, 0.29) is 23.5 Å². The standard InChI is InChI=1S/C27H46O3Si2/c1-11-12-13-14-20-17-22-25(23(18-20)29-31(5,6)7)21-15-19(2)16-24(30-32(8,9)10)26(21)27(3,4)28-22/h15,17-18,21,24,26H,11-14,16H2,1-10H3/t21-,24?,26-/m0/s1. The van der Waals surface area contributed by atoms with Crippen LogP contribution in [0.25, 0.3) is 0 Å². The summed E-state index contributed by atoms with van der Waals surface area (Å²) in [6, 6.07) is 4.61. The van der Waals surface area contributed by atoms with Gasteiger partial charge in [-0.1, -0.05) is 31.4 Å². The summed E-state index contributed by atoms with van der Waals surface area (Å²) in [5.41, 5.74) is 3.71. The van der Waals surface area contributed by atoms with Gasteiger partial charge in [0, 0.05) is 17.4 Å². The predicted molar refractivity (Wildman–Crippen MR) is 141 cm³/mol. The average molecular weight is 475 g/mol. The van der Waals surface area contributed by atoms with E-state index in [1.807, 2.05) is 0 Å². The molecule has 0 amide bonds. The summed E-state index contributed by atoms with van der Waals surface area (Å²) < 4.78 is 20.3. The molecule has 5 heteroatoms. The summed E-state index contributed by atoms with van der Waals surface area (Å²) in [7, 11) is -3.47. The van der Waals surface area contributed by atoms with Crippen molar-refractivity contribution in [1.29, 1.82) is 0 Å². The molecule has 1 aromatic carbocycles. The SMILES string of the molecule is CCCCCc1cc2c(c(O[Si](C)(C)C)c1)[C@@H]1C=C(C)CC(O[Si](C)(C)C)[C@H]1C(C)(C)O2. The molecule has 0 fully saturated rings. The highest BCUT2D eigenvalue weighted by Gasteiger charge is 2.51. The van der Waals surface area contributed by atoms with E-state index in [0.717, 1.165) is 24.3 Å². The third-order valence-corrected chi connectivity index (χ3v) is 8.28. The second-order valence-electron chi connectivity index (χ2n) is 12.4. The van der Waals surface area contributed by atoms with Crippen LogP contribution in [0, 0.1) is 5.92 Å². The van der Waals surface area contributed by atoms with Crippen LogP contribution in [0.15, 0.2) is 23.8 Å². The van der Waals surface area contributed by atoms with E-state index in [0.29, 0.717) is 0 Å². The maximum atomic E-state index is 6.81. The molecule has 32 heavy (non-hydrogen) atoms. The van der Waals surface area contributed by atoms with Crippen molar-refractivity contribution in [2.45, 2.75) is 117 Å². The Morgan fingerprint density at radius 2 is 1.72 bits per heavy atom. The Morgan fingerprint density at radius 3 is 2.31 bits per heavy atom. The Hall–Kier alpha value is -1.05. The number of ether oxygens (including phenoxy) is 1. The fourth-order valence-electron chi connectivity index (χ4n) is 5.42. The maximum absolute atomic E-state index is 6.81. The Bertz CT molecular complexity index is 846. The van der Waals surface area contributed by atoms with Gasteiger partial charge in [-0.2, -0.15) is 0 Å². The average Bonchev–Trinajstić information content (AvgIpc) is 2.57. The van der Waals surface area contributed by atoms with E-state index in [9.17, 15) is 0 Å². The van der Waals surface area contributed by atoms with E-state index in [1.165, 1.54) is 36.0 Å². The lowest BCUT2D eigenvalue weighted by Gasteiger charge is -2.51. The quantitative estimate of drug-likeness (QED) is 0.216. The van der Waals surface area contributed by atoms with Crippen LogP contribution < -0.4 is 9.16 Å². The zero-order chi connectivity index (χ0) is 23.9. The van der Waals surface area contributed by atoms with E-state index < -0.39 is 16.6 Å². The van der Waals surface area contributed by atoms with E-state index in [1.54, 1.807) is 0 Å². The van der Waals surface area contributed by atoms with Gasteiger partial charge in [-0.3, -0.25) is 0 Å². The van der Waals surface area contributed by atoms with Crippen LogP contribution in [0.4, 0.5) is 0 Å². The van der Waals surface area contributed by atoms with Crippen LogP contribution in [0.3, 0.4) is 0 Å². The number of hydrogen-bond donors (Lipinski definition) is 0. The summed E-state index contributed by atoms with van der Waals surface area (Å²) in [4.78, 5) is 0. The fraction of sp³-hybridized carbons (Fsp3) is 0.704. The van der Waals surface area contributed by atoms with Crippen molar-refractivity contribution in [2.24, 2.45) is 5.92 Å². The van der Waals surface area contributed by atoms with Crippen molar-refractivity contribution in [2.75, 3.05) is 0 Å². The number of unbranched alkanes of at least 4 members (excludes halogenated alkanes) is 2. The van der Waals surface area contributed by atoms with Gasteiger partial charge < -0.3 is 13.6 Å².